The van der Waals surface area contributed by atoms with Gasteiger partial charge in [-0.3, -0.25) is 0 Å². The van der Waals surface area contributed by atoms with Gasteiger partial charge in [0.2, 0.25) is 0 Å². The van der Waals surface area contributed by atoms with Crippen LogP contribution in [0.1, 0.15) is 72.4 Å². The van der Waals surface area contributed by atoms with Gasteiger partial charge in [-0.2, -0.15) is 0 Å². The Hall–Kier alpha value is -0.710. The SMILES string of the molecule is CC.CCC(O)(CC)c1c(O)cccc1COS(C)(C)C(C)(C)C. The van der Waals surface area contributed by atoms with Crippen LogP contribution >= 0.6 is 10.3 Å². The Kier molecular flexibility index (Phi) is 8.85. The van der Waals surface area contributed by atoms with Crippen LogP contribution in [-0.2, 0) is 16.4 Å². The van der Waals surface area contributed by atoms with Crippen molar-refractivity contribution in [3.63, 3.8) is 0 Å². The largest absolute Gasteiger partial charge is 0.508 e. The van der Waals surface area contributed by atoms with Crippen molar-refractivity contribution in [3.05, 3.63) is 29.3 Å². The van der Waals surface area contributed by atoms with E-state index in [1.54, 1.807) is 6.07 Å². The molecule has 0 atom stereocenters. The third kappa shape index (κ3) is 5.40. The molecule has 2 N–H and O–H groups in total. The van der Waals surface area contributed by atoms with Crippen LogP contribution in [-0.4, -0.2) is 27.5 Å². The van der Waals surface area contributed by atoms with Crippen molar-refractivity contribution in [1.29, 1.82) is 0 Å². The maximum Gasteiger partial charge on any atom is 0.122 e. The Balaban J connectivity index is 0.00000254. The smallest absolute Gasteiger partial charge is 0.122 e. The summed E-state index contributed by atoms with van der Waals surface area (Å²) in [4.78, 5) is 0. The van der Waals surface area contributed by atoms with E-state index in [0.29, 0.717) is 25.0 Å². The summed E-state index contributed by atoms with van der Waals surface area (Å²) in [5.41, 5.74) is 0.478. The van der Waals surface area contributed by atoms with E-state index in [4.69, 9.17) is 4.18 Å². The van der Waals surface area contributed by atoms with Crippen molar-refractivity contribution < 1.29 is 14.4 Å². The highest BCUT2D eigenvalue weighted by Gasteiger charge is 2.33. The maximum absolute atomic E-state index is 10.8. The predicted molar refractivity (Wildman–Crippen MR) is 108 cm³/mol. The molecule has 1 aromatic rings. The van der Waals surface area contributed by atoms with E-state index in [9.17, 15) is 10.2 Å². The number of phenols is 1. The fraction of sp³-hybridized carbons (Fsp3) is 0.700. The van der Waals surface area contributed by atoms with Crippen LogP contribution in [0.15, 0.2) is 18.2 Å². The average molecular weight is 359 g/mol. The van der Waals surface area contributed by atoms with E-state index in [1.807, 2.05) is 39.8 Å². The Labute approximate surface area is 151 Å². The van der Waals surface area contributed by atoms with E-state index >= 15 is 0 Å². The van der Waals surface area contributed by atoms with Crippen molar-refractivity contribution in [1.82, 2.24) is 0 Å². The van der Waals surface area contributed by atoms with Gasteiger partial charge in [0.05, 0.1) is 12.2 Å². The van der Waals surface area contributed by atoms with E-state index < -0.39 is 15.9 Å². The van der Waals surface area contributed by atoms with Crippen LogP contribution in [0.2, 0.25) is 0 Å². The van der Waals surface area contributed by atoms with Crippen molar-refractivity contribution >= 4 is 10.3 Å². The molecule has 0 aliphatic carbocycles. The number of hydrogen-bond donors (Lipinski definition) is 2. The highest BCUT2D eigenvalue weighted by molar-refractivity contribution is 8.29. The zero-order valence-corrected chi connectivity index (χ0v) is 17.9. The fourth-order valence-electron chi connectivity index (χ4n) is 2.24. The first-order chi connectivity index (χ1) is 11.0. The number of hydrogen-bond acceptors (Lipinski definition) is 3. The molecule has 0 amide bonds. The molecule has 0 aliphatic heterocycles. The fourth-order valence-corrected chi connectivity index (χ4v) is 3.01. The molecule has 0 aliphatic rings. The highest BCUT2D eigenvalue weighted by atomic mass is 32.3. The average Bonchev–Trinajstić information content (AvgIpc) is 2.53. The van der Waals surface area contributed by atoms with E-state index in [1.165, 1.54) is 0 Å². The first-order valence-corrected chi connectivity index (χ1v) is 11.3. The molecule has 0 saturated carbocycles. The molecule has 0 unspecified atom stereocenters. The summed E-state index contributed by atoms with van der Waals surface area (Å²) in [5.74, 6) is 0.149. The number of phenolic OH excluding ortho intramolecular Hbond substituents is 1. The summed E-state index contributed by atoms with van der Waals surface area (Å²) < 4.78 is 6.30. The second kappa shape index (κ2) is 9.12. The lowest BCUT2D eigenvalue weighted by Crippen LogP contribution is -2.27. The lowest BCUT2D eigenvalue weighted by molar-refractivity contribution is 0.0244. The maximum atomic E-state index is 10.8. The minimum atomic E-state index is -1.25. The predicted octanol–water partition coefficient (Wildman–Crippen LogP) is 5.72. The van der Waals surface area contributed by atoms with Crippen molar-refractivity contribution in [3.8, 4) is 5.75 Å². The lowest BCUT2D eigenvalue weighted by atomic mass is 9.85. The van der Waals surface area contributed by atoms with Gasteiger partial charge in [0.1, 0.15) is 5.75 Å². The Morgan fingerprint density at radius 2 is 1.54 bits per heavy atom. The molecule has 0 fully saturated rings. The number of aliphatic hydroxyl groups is 1. The molecule has 24 heavy (non-hydrogen) atoms. The molecule has 0 saturated heterocycles. The quantitative estimate of drug-likeness (QED) is 0.683. The molecule has 4 heteroatoms. The van der Waals surface area contributed by atoms with Gasteiger partial charge in [-0.1, -0.05) is 60.6 Å². The van der Waals surface area contributed by atoms with Gasteiger partial charge in [-0.25, -0.2) is 0 Å². The van der Waals surface area contributed by atoms with Crippen LogP contribution in [0.4, 0.5) is 0 Å². The van der Waals surface area contributed by atoms with Crippen LogP contribution < -0.4 is 0 Å². The minimum Gasteiger partial charge on any atom is -0.508 e. The number of rotatable bonds is 6. The van der Waals surface area contributed by atoms with Gasteiger partial charge < -0.3 is 14.4 Å². The van der Waals surface area contributed by atoms with Gasteiger partial charge in [0, 0.05) is 10.3 Å². The second-order valence-corrected chi connectivity index (χ2v) is 11.1. The van der Waals surface area contributed by atoms with E-state index in [0.717, 1.165) is 5.56 Å². The van der Waals surface area contributed by atoms with Crippen molar-refractivity contribution in [2.24, 2.45) is 0 Å². The Bertz CT molecular complexity index is 500. The second-order valence-electron chi connectivity index (χ2n) is 7.16. The normalized spacial score (nSPS) is 13.2. The van der Waals surface area contributed by atoms with Crippen molar-refractivity contribution in [2.75, 3.05) is 12.5 Å². The first kappa shape index (κ1) is 23.3. The molecule has 0 spiro atoms. The lowest BCUT2D eigenvalue weighted by Gasteiger charge is -2.44. The Morgan fingerprint density at radius 3 is 1.96 bits per heavy atom. The molecular weight excluding hydrogens is 320 g/mol. The summed E-state index contributed by atoms with van der Waals surface area (Å²) in [7, 11) is -1.25. The standard InChI is InChI=1S/C18H32O3S.C2H6/c1-8-18(20,9-2)16-14(11-10-12-15(16)19)13-21-22(6,7)17(3,4)5;1-2/h10-12,19-20H,8-9,13H2,1-7H3;1-2H3. The highest BCUT2D eigenvalue weighted by Crippen LogP contribution is 2.54. The third-order valence-corrected chi connectivity index (χ3v) is 8.40. The number of aromatic hydroxyl groups is 1. The van der Waals surface area contributed by atoms with Crippen LogP contribution in [0, 0.1) is 0 Å². The van der Waals surface area contributed by atoms with E-state index in [2.05, 4.69) is 33.3 Å². The molecule has 0 aromatic heterocycles. The van der Waals surface area contributed by atoms with E-state index in [-0.39, 0.29) is 10.5 Å². The molecule has 0 radical (unpaired) electrons. The molecule has 0 heterocycles. The first-order valence-electron chi connectivity index (χ1n) is 8.89. The van der Waals surface area contributed by atoms with Gasteiger partial charge in [-0.15, -0.1) is 10.3 Å². The molecule has 1 rings (SSSR count). The van der Waals surface area contributed by atoms with Crippen LogP contribution in [0.3, 0.4) is 0 Å². The topological polar surface area (TPSA) is 49.7 Å². The minimum absolute atomic E-state index is 0.0792. The summed E-state index contributed by atoms with van der Waals surface area (Å²) in [6.45, 7) is 14.8. The van der Waals surface area contributed by atoms with Gasteiger partial charge in [0.25, 0.3) is 0 Å². The van der Waals surface area contributed by atoms with Gasteiger partial charge in [-0.05, 0) is 37.0 Å². The van der Waals surface area contributed by atoms with Crippen LogP contribution in [0.25, 0.3) is 0 Å². The monoisotopic (exact) mass is 358 g/mol. The third-order valence-electron chi connectivity index (χ3n) is 4.75. The molecule has 1 aromatic carbocycles. The molecular formula is C20H38O3S. The Morgan fingerprint density at radius 1 is 1.04 bits per heavy atom. The zero-order chi connectivity index (χ0) is 19.2. The van der Waals surface area contributed by atoms with Gasteiger partial charge >= 0.3 is 0 Å². The summed E-state index contributed by atoms with van der Waals surface area (Å²) in [6, 6.07) is 5.38. The molecule has 142 valence electrons. The van der Waals surface area contributed by atoms with Crippen molar-refractivity contribution in [2.45, 2.75) is 78.3 Å². The summed E-state index contributed by atoms with van der Waals surface area (Å²) in [5, 5.41) is 21.1. The van der Waals surface area contributed by atoms with Gasteiger partial charge in [0.15, 0.2) is 0 Å². The summed E-state index contributed by atoms with van der Waals surface area (Å²) >= 11 is 0. The summed E-state index contributed by atoms with van der Waals surface area (Å²) in [6.07, 6.45) is 5.43. The van der Waals surface area contributed by atoms with Crippen LogP contribution in [0.5, 0.6) is 5.75 Å². The molecule has 0 bridgehead atoms. The zero-order valence-electron chi connectivity index (χ0n) is 17.1. The molecule has 3 nitrogen and oxygen atoms in total. The number of benzene rings is 1.